The van der Waals surface area contributed by atoms with Gasteiger partial charge in [0.05, 0.1) is 0 Å². The Morgan fingerprint density at radius 3 is 2.74 bits per heavy atom. The lowest BCUT2D eigenvalue weighted by Gasteiger charge is -2.04. The zero-order valence-electron chi connectivity index (χ0n) is 11.4. The topological polar surface area (TPSA) is 74.1 Å². The Hall–Kier alpha value is -1.25. The van der Waals surface area contributed by atoms with Crippen LogP contribution in [0, 0.1) is 11.3 Å². The first-order valence-corrected chi connectivity index (χ1v) is 7.05. The number of carbonyl (C=O) groups excluding carboxylic acids is 1. The highest BCUT2D eigenvalue weighted by atomic mass is 35.5. The third-order valence-electron chi connectivity index (χ3n) is 2.24. The van der Waals surface area contributed by atoms with Crippen LogP contribution in [0.15, 0.2) is 11.8 Å². The third-order valence-corrected chi connectivity index (χ3v) is 2.43. The van der Waals surface area contributed by atoms with E-state index >= 15 is 0 Å². The SMILES string of the molecule is CCCCOCCCN/C=C(/C#N)C(=O)NCCCl. The zero-order valence-corrected chi connectivity index (χ0v) is 12.1. The number of halogens is 1. The van der Waals surface area contributed by atoms with Crippen molar-refractivity contribution in [2.45, 2.75) is 26.2 Å². The number of nitrogens with zero attached hydrogens (tertiary/aromatic N) is 1. The molecule has 2 N–H and O–H groups in total. The summed E-state index contributed by atoms with van der Waals surface area (Å²) in [5, 5.41) is 14.3. The van der Waals surface area contributed by atoms with Crippen molar-refractivity contribution >= 4 is 17.5 Å². The highest BCUT2D eigenvalue weighted by Crippen LogP contribution is 1.92. The highest BCUT2D eigenvalue weighted by molar-refractivity contribution is 6.18. The van der Waals surface area contributed by atoms with E-state index in [4.69, 9.17) is 21.6 Å². The Morgan fingerprint density at radius 1 is 1.37 bits per heavy atom. The number of alkyl halides is 1. The van der Waals surface area contributed by atoms with E-state index in [1.54, 1.807) is 0 Å². The molecule has 0 spiro atoms. The number of carbonyl (C=O) groups is 1. The maximum absolute atomic E-state index is 11.4. The predicted octanol–water partition coefficient (Wildman–Crippen LogP) is 1.55. The normalized spacial score (nSPS) is 10.9. The van der Waals surface area contributed by atoms with Gasteiger partial charge in [0.2, 0.25) is 0 Å². The van der Waals surface area contributed by atoms with Crippen LogP contribution in [0.1, 0.15) is 26.2 Å². The summed E-state index contributed by atoms with van der Waals surface area (Å²) in [6.45, 7) is 4.61. The first-order valence-electron chi connectivity index (χ1n) is 6.51. The minimum atomic E-state index is -0.408. The van der Waals surface area contributed by atoms with E-state index in [0.29, 0.717) is 25.6 Å². The Morgan fingerprint density at radius 2 is 2.11 bits per heavy atom. The molecule has 0 atom stereocenters. The van der Waals surface area contributed by atoms with Gasteiger partial charge in [0.25, 0.3) is 5.91 Å². The maximum Gasteiger partial charge on any atom is 0.263 e. The molecule has 0 radical (unpaired) electrons. The summed E-state index contributed by atoms with van der Waals surface area (Å²) in [5.41, 5.74) is 0.0528. The molecule has 0 fully saturated rings. The molecule has 0 aliphatic heterocycles. The van der Waals surface area contributed by atoms with E-state index < -0.39 is 5.91 Å². The summed E-state index contributed by atoms with van der Waals surface area (Å²) < 4.78 is 5.39. The molecule has 6 heteroatoms. The standard InChI is InChI=1S/C13H22ClN3O2/c1-2-3-8-19-9-4-6-16-11-12(10-15)13(18)17-7-5-14/h11,16H,2-9H2,1H3,(H,17,18)/b12-11-. The van der Waals surface area contributed by atoms with Crippen molar-refractivity contribution < 1.29 is 9.53 Å². The average Bonchev–Trinajstić information content (AvgIpc) is 2.43. The summed E-state index contributed by atoms with van der Waals surface area (Å²) in [6.07, 6.45) is 4.47. The molecule has 0 heterocycles. The molecule has 0 aromatic heterocycles. The maximum atomic E-state index is 11.4. The summed E-state index contributed by atoms with van der Waals surface area (Å²) in [4.78, 5) is 11.4. The zero-order chi connectivity index (χ0) is 14.3. The van der Waals surface area contributed by atoms with Crippen LogP contribution in [0.2, 0.25) is 0 Å². The lowest BCUT2D eigenvalue weighted by Crippen LogP contribution is -2.27. The fraction of sp³-hybridized carbons (Fsp3) is 0.692. The van der Waals surface area contributed by atoms with Crippen LogP contribution in [0.25, 0.3) is 0 Å². The van der Waals surface area contributed by atoms with Gasteiger partial charge >= 0.3 is 0 Å². The van der Waals surface area contributed by atoms with Crippen LogP contribution in [0.4, 0.5) is 0 Å². The molecule has 0 unspecified atom stereocenters. The fourth-order valence-electron chi connectivity index (χ4n) is 1.20. The van der Waals surface area contributed by atoms with Gasteiger partial charge in [-0.25, -0.2) is 0 Å². The molecule has 5 nitrogen and oxygen atoms in total. The Bertz CT molecular complexity index is 314. The molecule has 0 aliphatic carbocycles. The Kier molecular flexibility index (Phi) is 12.3. The van der Waals surface area contributed by atoms with Gasteiger partial charge in [0, 0.05) is 38.4 Å². The molecule has 0 aliphatic rings. The minimum Gasteiger partial charge on any atom is -0.390 e. The van der Waals surface area contributed by atoms with Crippen molar-refractivity contribution in [3.63, 3.8) is 0 Å². The molecule has 0 aromatic rings. The van der Waals surface area contributed by atoms with Gasteiger partial charge < -0.3 is 15.4 Å². The summed E-state index contributed by atoms with van der Waals surface area (Å²) in [5.74, 6) is -0.0812. The second-order valence-corrected chi connectivity index (χ2v) is 4.27. The molecule has 0 aromatic carbocycles. The number of nitrogens with one attached hydrogen (secondary N) is 2. The fourth-order valence-corrected chi connectivity index (χ4v) is 1.30. The molecule has 108 valence electrons. The van der Waals surface area contributed by atoms with Gasteiger partial charge in [-0.15, -0.1) is 11.6 Å². The van der Waals surface area contributed by atoms with Gasteiger partial charge in [0.15, 0.2) is 0 Å². The molecule has 0 bridgehead atoms. The highest BCUT2D eigenvalue weighted by Gasteiger charge is 2.06. The van der Waals surface area contributed by atoms with E-state index in [1.165, 1.54) is 6.20 Å². The van der Waals surface area contributed by atoms with Crippen molar-refractivity contribution in [3.8, 4) is 6.07 Å². The van der Waals surface area contributed by atoms with Crippen LogP contribution in [-0.2, 0) is 9.53 Å². The number of unbranched alkanes of at least 4 members (excludes halogenated alkanes) is 1. The number of hydrogen-bond acceptors (Lipinski definition) is 4. The summed E-state index contributed by atoms with van der Waals surface area (Å²) in [6, 6.07) is 1.84. The predicted molar refractivity (Wildman–Crippen MR) is 75.8 cm³/mol. The lowest BCUT2D eigenvalue weighted by molar-refractivity contribution is -0.117. The molecule has 0 saturated carbocycles. The minimum absolute atomic E-state index is 0.0528. The molecule has 19 heavy (non-hydrogen) atoms. The van der Waals surface area contributed by atoms with Crippen LogP contribution in [-0.4, -0.2) is 38.1 Å². The Balaban J connectivity index is 3.71. The third kappa shape index (κ3) is 10.4. The van der Waals surface area contributed by atoms with Crippen LogP contribution < -0.4 is 10.6 Å². The number of rotatable bonds is 11. The first-order chi connectivity index (χ1) is 9.26. The molecule has 0 saturated heterocycles. The molecule has 0 rings (SSSR count). The Labute approximate surface area is 119 Å². The first kappa shape index (κ1) is 17.8. The summed E-state index contributed by atoms with van der Waals surface area (Å²) in [7, 11) is 0. The quantitative estimate of drug-likeness (QED) is 0.262. The second kappa shape index (κ2) is 13.2. The van der Waals surface area contributed by atoms with Crippen molar-refractivity contribution in [1.82, 2.24) is 10.6 Å². The van der Waals surface area contributed by atoms with E-state index in [1.807, 2.05) is 6.07 Å². The van der Waals surface area contributed by atoms with Crippen molar-refractivity contribution in [2.24, 2.45) is 0 Å². The van der Waals surface area contributed by atoms with Crippen LogP contribution in [0.3, 0.4) is 0 Å². The van der Waals surface area contributed by atoms with E-state index in [9.17, 15) is 4.79 Å². The second-order valence-electron chi connectivity index (χ2n) is 3.89. The van der Waals surface area contributed by atoms with Crippen molar-refractivity contribution in [2.75, 3.05) is 32.2 Å². The van der Waals surface area contributed by atoms with Crippen LogP contribution >= 0.6 is 11.6 Å². The average molecular weight is 288 g/mol. The molecule has 1 amide bonds. The lowest BCUT2D eigenvalue weighted by atomic mass is 10.3. The van der Waals surface area contributed by atoms with Gasteiger partial charge in [-0.05, 0) is 12.8 Å². The van der Waals surface area contributed by atoms with E-state index in [0.717, 1.165) is 25.9 Å². The molecular formula is C13H22ClN3O2. The van der Waals surface area contributed by atoms with Crippen molar-refractivity contribution in [1.29, 1.82) is 5.26 Å². The largest absolute Gasteiger partial charge is 0.390 e. The van der Waals surface area contributed by atoms with Gasteiger partial charge in [-0.3, -0.25) is 4.79 Å². The number of nitriles is 1. The number of ether oxygens (including phenoxy) is 1. The summed E-state index contributed by atoms with van der Waals surface area (Å²) >= 11 is 5.44. The van der Waals surface area contributed by atoms with Gasteiger partial charge in [-0.2, -0.15) is 5.26 Å². The van der Waals surface area contributed by atoms with E-state index in [-0.39, 0.29) is 5.57 Å². The monoisotopic (exact) mass is 287 g/mol. The smallest absolute Gasteiger partial charge is 0.263 e. The van der Waals surface area contributed by atoms with Gasteiger partial charge in [0.1, 0.15) is 11.6 Å². The van der Waals surface area contributed by atoms with Crippen LogP contribution in [0.5, 0.6) is 0 Å². The number of hydrogen-bond donors (Lipinski definition) is 2. The molecular weight excluding hydrogens is 266 g/mol. The van der Waals surface area contributed by atoms with Gasteiger partial charge in [-0.1, -0.05) is 13.3 Å². The number of amides is 1. The van der Waals surface area contributed by atoms with Crippen molar-refractivity contribution in [3.05, 3.63) is 11.8 Å². The van der Waals surface area contributed by atoms with E-state index in [2.05, 4.69) is 17.6 Å².